The van der Waals surface area contributed by atoms with Gasteiger partial charge in [0.2, 0.25) is 0 Å². The van der Waals surface area contributed by atoms with Crippen molar-refractivity contribution < 1.29 is 0 Å². The second kappa shape index (κ2) is 3.23. The van der Waals surface area contributed by atoms with Gasteiger partial charge in [0.25, 0.3) is 0 Å². The monoisotopic (exact) mass is 174 g/mol. The zero-order chi connectivity index (χ0) is 9.26. The van der Waals surface area contributed by atoms with E-state index in [1.54, 1.807) is 0 Å². The summed E-state index contributed by atoms with van der Waals surface area (Å²) < 4.78 is 0. The van der Waals surface area contributed by atoms with Crippen LogP contribution < -0.4 is 10.6 Å². The average Bonchev–Trinajstić information content (AvgIpc) is 2.18. The number of benzene rings is 1. The Morgan fingerprint density at radius 2 is 2.15 bits per heavy atom. The molecule has 1 aromatic carbocycles. The van der Waals surface area contributed by atoms with Crippen LogP contribution in [0.15, 0.2) is 30.3 Å². The Morgan fingerprint density at radius 1 is 1.38 bits per heavy atom. The van der Waals surface area contributed by atoms with Crippen molar-refractivity contribution in [2.45, 2.75) is 13.1 Å². The molecule has 0 saturated heterocycles. The van der Waals surface area contributed by atoms with Gasteiger partial charge in [0.15, 0.2) is 0 Å². The molecule has 2 rings (SSSR count). The molecule has 1 atom stereocenters. The van der Waals surface area contributed by atoms with Crippen LogP contribution in [0.25, 0.3) is 6.08 Å². The summed E-state index contributed by atoms with van der Waals surface area (Å²) in [5, 5.41) is 0. The summed E-state index contributed by atoms with van der Waals surface area (Å²) in [6.07, 6.45) is 4.15. The van der Waals surface area contributed by atoms with E-state index in [0.29, 0.717) is 0 Å². The van der Waals surface area contributed by atoms with Gasteiger partial charge in [-0.2, -0.15) is 0 Å². The topological polar surface area (TPSA) is 29.3 Å². The summed E-state index contributed by atoms with van der Waals surface area (Å²) in [6.45, 7) is 3.07. The summed E-state index contributed by atoms with van der Waals surface area (Å²) in [5.74, 6) is 0. The molecule has 0 amide bonds. The highest BCUT2D eigenvalue weighted by Gasteiger charge is 2.16. The fraction of sp³-hybridized carbons (Fsp3) is 0.273. The highest BCUT2D eigenvalue weighted by Crippen LogP contribution is 2.26. The highest BCUT2D eigenvalue weighted by atomic mass is 15.2. The Labute approximate surface area is 78.7 Å². The van der Waals surface area contributed by atoms with Gasteiger partial charge in [-0.25, -0.2) is 0 Å². The number of likely N-dealkylation sites (N-methyl/N-ethyl adjacent to an activating group) is 1. The van der Waals surface area contributed by atoms with Gasteiger partial charge < -0.3 is 10.6 Å². The maximum Gasteiger partial charge on any atom is 0.0965 e. The maximum absolute atomic E-state index is 5.94. The number of fused-ring (bicyclic) bond motifs is 1. The Bertz CT molecular complexity index is 331. The predicted octanol–water partition coefficient (Wildman–Crippen LogP) is 1.82. The molecule has 0 radical (unpaired) electrons. The van der Waals surface area contributed by atoms with E-state index in [1.165, 1.54) is 11.3 Å². The van der Waals surface area contributed by atoms with Gasteiger partial charge >= 0.3 is 0 Å². The summed E-state index contributed by atoms with van der Waals surface area (Å²) in [4.78, 5) is 2.19. The normalized spacial score (nSPS) is 20.2. The molecular formula is C11H14N2. The predicted molar refractivity (Wildman–Crippen MR) is 56.5 cm³/mol. The minimum Gasteiger partial charge on any atom is -0.352 e. The average molecular weight is 174 g/mol. The van der Waals surface area contributed by atoms with Crippen molar-refractivity contribution in [2.75, 3.05) is 11.4 Å². The van der Waals surface area contributed by atoms with Crippen molar-refractivity contribution in [2.24, 2.45) is 5.73 Å². The molecule has 1 aliphatic heterocycles. The number of para-hydroxylation sites is 1. The number of nitrogens with zero attached hydrogens (tertiary/aromatic N) is 1. The first-order chi connectivity index (χ1) is 6.33. The summed E-state index contributed by atoms with van der Waals surface area (Å²) in [5.41, 5.74) is 8.44. The summed E-state index contributed by atoms with van der Waals surface area (Å²) in [6, 6.07) is 8.32. The molecule has 0 saturated carbocycles. The molecule has 0 fully saturated rings. The van der Waals surface area contributed by atoms with E-state index in [9.17, 15) is 0 Å². The van der Waals surface area contributed by atoms with Crippen LogP contribution in [0.3, 0.4) is 0 Å². The van der Waals surface area contributed by atoms with Crippen molar-refractivity contribution in [1.82, 2.24) is 0 Å². The van der Waals surface area contributed by atoms with E-state index in [4.69, 9.17) is 5.73 Å². The van der Waals surface area contributed by atoms with Crippen molar-refractivity contribution in [3.63, 3.8) is 0 Å². The number of rotatable bonds is 1. The Balaban J connectivity index is 2.47. The van der Waals surface area contributed by atoms with Crippen LogP contribution in [0.1, 0.15) is 12.5 Å². The number of anilines is 1. The molecule has 2 heteroatoms. The first-order valence-corrected chi connectivity index (χ1v) is 4.62. The zero-order valence-corrected chi connectivity index (χ0v) is 7.77. The third-order valence-electron chi connectivity index (χ3n) is 2.42. The lowest BCUT2D eigenvalue weighted by atomic mass is 10.1. The molecule has 1 heterocycles. The summed E-state index contributed by atoms with van der Waals surface area (Å²) in [7, 11) is 0. The van der Waals surface area contributed by atoms with Crippen molar-refractivity contribution >= 4 is 11.8 Å². The number of hydrogen-bond acceptors (Lipinski definition) is 2. The van der Waals surface area contributed by atoms with E-state index in [0.717, 1.165) is 6.54 Å². The van der Waals surface area contributed by atoms with E-state index < -0.39 is 0 Å². The van der Waals surface area contributed by atoms with Gasteiger partial charge in [0, 0.05) is 12.2 Å². The molecule has 13 heavy (non-hydrogen) atoms. The number of hydrogen-bond donors (Lipinski definition) is 1. The molecular weight excluding hydrogens is 160 g/mol. The second-order valence-electron chi connectivity index (χ2n) is 3.19. The molecule has 1 aromatic rings. The van der Waals surface area contributed by atoms with Crippen LogP contribution in [-0.4, -0.2) is 12.7 Å². The van der Waals surface area contributed by atoms with Crippen LogP contribution >= 0.6 is 0 Å². The van der Waals surface area contributed by atoms with Gasteiger partial charge in [-0.1, -0.05) is 24.3 Å². The lowest BCUT2D eigenvalue weighted by Gasteiger charge is -2.32. The quantitative estimate of drug-likeness (QED) is 0.703. The van der Waals surface area contributed by atoms with Gasteiger partial charge in [0.1, 0.15) is 0 Å². The Hall–Kier alpha value is -1.28. The van der Waals surface area contributed by atoms with Crippen LogP contribution in [0.5, 0.6) is 0 Å². The molecule has 0 aliphatic carbocycles. The zero-order valence-electron chi connectivity index (χ0n) is 7.77. The van der Waals surface area contributed by atoms with Crippen LogP contribution in [-0.2, 0) is 0 Å². The fourth-order valence-corrected chi connectivity index (χ4v) is 1.74. The Kier molecular flexibility index (Phi) is 2.07. The smallest absolute Gasteiger partial charge is 0.0965 e. The SMILES string of the molecule is CCN1c2ccccc2C=CC1N. The molecule has 68 valence electrons. The molecule has 2 nitrogen and oxygen atoms in total. The second-order valence-corrected chi connectivity index (χ2v) is 3.19. The van der Waals surface area contributed by atoms with Crippen molar-refractivity contribution in [1.29, 1.82) is 0 Å². The number of nitrogens with two attached hydrogens (primary N) is 1. The van der Waals surface area contributed by atoms with Crippen molar-refractivity contribution in [3.05, 3.63) is 35.9 Å². The van der Waals surface area contributed by atoms with E-state index in [1.807, 2.05) is 18.2 Å². The van der Waals surface area contributed by atoms with E-state index >= 15 is 0 Å². The van der Waals surface area contributed by atoms with Crippen LogP contribution in [0, 0.1) is 0 Å². The van der Waals surface area contributed by atoms with Gasteiger partial charge in [-0.15, -0.1) is 0 Å². The lowest BCUT2D eigenvalue weighted by molar-refractivity contribution is 0.726. The third kappa shape index (κ3) is 1.33. The first kappa shape index (κ1) is 8.32. The Morgan fingerprint density at radius 3 is 2.92 bits per heavy atom. The molecule has 1 unspecified atom stereocenters. The first-order valence-electron chi connectivity index (χ1n) is 4.62. The van der Waals surface area contributed by atoms with Crippen molar-refractivity contribution in [3.8, 4) is 0 Å². The van der Waals surface area contributed by atoms with Crippen LogP contribution in [0.2, 0.25) is 0 Å². The lowest BCUT2D eigenvalue weighted by Crippen LogP contribution is -2.42. The highest BCUT2D eigenvalue weighted by molar-refractivity contribution is 5.71. The van der Waals surface area contributed by atoms with E-state index in [-0.39, 0.29) is 6.17 Å². The maximum atomic E-state index is 5.94. The molecule has 2 N–H and O–H groups in total. The molecule has 0 spiro atoms. The molecule has 1 aliphatic rings. The van der Waals surface area contributed by atoms with Gasteiger partial charge in [-0.05, 0) is 24.6 Å². The largest absolute Gasteiger partial charge is 0.352 e. The third-order valence-corrected chi connectivity index (χ3v) is 2.42. The van der Waals surface area contributed by atoms with E-state index in [2.05, 4.69) is 30.0 Å². The van der Waals surface area contributed by atoms with Gasteiger partial charge in [-0.3, -0.25) is 0 Å². The standard InChI is InChI=1S/C11H14N2/c1-2-13-10-6-4-3-5-9(10)7-8-11(13)12/h3-8,11H,2,12H2,1H3. The fourth-order valence-electron chi connectivity index (χ4n) is 1.74. The van der Waals surface area contributed by atoms with Gasteiger partial charge in [0.05, 0.1) is 6.17 Å². The minimum absolute atomic E-state index is 0.0277. The van der Waals surface area contributed by atoms with Crippen LogP contribution in [0.4, 0.5) is 5.69 Å². The summed E-state index contributed by atoms with van der Waals surface area (Å²) >= 11 is 0. The minimum atomic E-state index is 0.0277. The molecule has 0 bridgehead atoms. The molecule has 0 aromatic heterocycles.